The Kier molecular flexibility index (Phi) is 3.11. The third-order valence-corrected chi connectivity index (χ3v) is 4.41. The highest BCUT2D eigenvalue weighted by molar-refractivity contribution is 7.91. The monoisotopic (exact) mass is 281 g/mol. The Labute approximate surface area is 109 Å². The van der Waals surface area contributed by atoms with Crippen LogP contribution < -0.4 is 0 Å². The van der Waals surface area contributed by atoms with Crippen LogP contribution in [0.1, 0.15) is 5.82 Å². The van der Waals surface area contributed by atoms with Gasteiger partial charge in [-0.15, -0.1) is 0 Å². The maximum absolute atomic E-state index is 12.3. The van der Waals surface area contributed by atoms with E-state index in [1.165, 1.54) is 26.1 Å². The number of hydrogen-bond acceptors (Lipinski definition) is 5. The minimum Gasteiger partial charge on any atom is -0.358 e. The summed E-state index contributed by atoms with van der Waals surface area (Å²) in [5.74, 6) is -0.262. The van der Waals surface area contributed by atoms with Gasteiger partial charge < -0.3 is 10.1 Å². The molecule has 1 heterocycles. The van der Waals surface area contributed by atoms with E-state index in [1.807, 2.05) is 0 Å². The van der Waals surface area contributed by atoms with Gasteiger partial charge in [-0.3, -0.25) is 0 Å². The smallest absolute Gasteiger partial charge is 0.358 e. The first-order valence-corrected chi connectivity index (χ1v) is 6.82. The molecule has 0 N–H and O–H groups in total. The lowest BCUT2D eigenvalue weighted by Crippen LogP contribution is -2.07. The average Bonchev–Trinajstić information content (AvgIpc) is 2.68. The van der Waals surface area contributed by atoms with Crippen LogP contribution in [0, 0.1) is 17.0 Å². The van der Waals surface area contributed by atoms with Crippen molar-refractivity contribution in [2.24, 2.45) is 7.05 Å². The third-order valence-electron chi connectivity index (χ3n) is 2.74. The van der Waals surface area contributed by atoms with Crippen LogP contribution in [0.15, 0.2) is 40.3 Å². The van der Waals surface area contributed by atoms with E-state index >= 15 is 0 Å². The number of sulfone groups is 1. The van der Waals surface area contributed by atoms with Gasteiger partial charge in [0.05, 0.1) is 11.9 Å². The van der Waals surface area contributed by atoms with Crippen LogP contribution in [0.2, 0.25) is 0 Å². The van der Waals surface area contributed by atoms with E-state index in [-0.39, 0.29) is 10.7 Å². The highest BCUT2D eigenvalue weighted by atomic mass is 32.2. The van der Waals surface area contributed by atoms with Gasteiger partial charge in [0, 0.05) is 6.92 Å². The van der Waals surface area contributed by atoms with Crippen LogP contribution >= 0.6 is 0 Å². The number of nitro groups is 1. The van der Waals surface area contributed by atoms with E-state index in [0.717, 1.165) is 4.57 Å². The molecule has 1 aromatic heterocycles. The lowest BCUT2D eigenvalue weighted by Gasteiger charge is -2.01. The SMILES string of the molecule is Cc1nc(S(=O)(=O)c2ccccc2)c([N+](=O)[O-])n1C. The highest BCUT2D eigenvalue weighted by Crippen LogP contribution is 2.28. The Morgan fingerprint density at radius 1 is 1.26 bits per heavy atom. The number of aryl methyl sites for hydroxylation is 1. The van der Waals surface area contributed by atoms with Crippen LogP contribution in [0.25, 0.3) is 0 Å². The molecule has 0 bridgehead atoms. The van der Waals surface area contributed by atoms with Gasteiger partial charge >= 0.3 is 5.82 Å². The van der Waals surface area contributed by atoms with Crippen molar-refractivity contribution in [3.8, 4) is 0 Å². The van der Waals surface area contributed by atoms with E-state index in [2.05, 4.69) is 4.98 Å². The van der Waals surface area contributed by atoms with Gasteiger partial charge in [-0.2, -0.15) is 4.98 Å². The maximum atomic E-state index is 12.3. The van der Waals surface area contributed by atoms with Crippen LogP contribution in [-0.4, -0.2) is 22.9 Å². The van der Waals surface area contributed by atoms with Gasteiger partial charge in [-0.05, 0) is 17.1 Å². The zero-order valence-electron chi connectivity index (χ0n) is 10.3. The van der Waals surface area contributed by atoms with Gasteiger partial charge in [0.15, 0.2) is 5.82 Å². The van der Waals surface area contributed by atoms with Gasteiger partial charge in [0.2, 0.25) is 9.84 Å². The molecule has 0 saturated carbocycles. The second-order valence-corrected chi connectivity index (χ2v) is 5.79. The van der Waals surface area contributed by atoms with Gasteiger partial charge in [-0.25, -0.2) is 13.0 Å². The number of rotatable bonds is 3. The number of hydrogen-bond donors (Lipinski definition) is 0. The second-order valence-electron chi connectivity index (χ2n) is 3.92. The molecule has 0 aliphatic heterocycles. The average molecular weight is 281 g/mol. The van der Waals surface area contributed by atoms with Crippen molar-refractivity contribution in [1.29, 1.82) is 0 Å². The third kappa shape index (κ3) is 2.10. The van der Waals surface area contributed by atoms with Crippen molar-refractivity contribution in [3.63, 3.8) is 0 Å². The van der Waals surface area contributed by atoms with Crippen molar-refractivity contribution in [1.82, 2.24) is 9.55 Å². The Balaban J connectivity index is 2.73. The summed E-state index contributed by atoms with van der Waals surface area (Å²) in [6.45, 7) is 1.51. The molecule has 0 amide bonds. The summed E-state index contributed by atoms with van der Waals surface area (Å²) >= 11 is 0. The first-order chi connectivity index (χ1) is 8.85. The number of benzene rings is 1. The Morgan fingerprint density at radius 2 is 1.84 bits per heavy atom. The molecule has 1 aromatic carbocycles. The lowest BCUT2D eigenvalue weighted by atomic mass is 10.4. The fourth-order valence-electron chi connectivity index (χ4n) is 1.66. The molecule has 0 atom stereocenters. The molecule has 0 saturated heterocycles. The molecule has 0 aliphatic carbocycles. The Bertz CT molecular complexity index is 735. The molecule has 19 heavy (non-hydrogen) atoms. The summed E-state index contributed by atoms with van der Waals surface area (Å²) in [6, 6.07) is 7.52. The summed E-state index contributed by atoms with van der Waals surface area (Å²) < 4.78 is 25.8. The Hall–Kier alpha value is -2.22. The standard InChI is InChI=1S/C11H11N3O4S/c1-8-12-10(11(13(8)2)14(15)16)19(17,18)9-6-4-3-5-7-9/h3-7H,1-2H3. The minimum atomic E-state index is -3.99. The molecule has 0 radical (unpaired) electrons. The molecule has 0 aliphatic rings. The van der Waals surface area contributed by atoms with E-state index < -0.39 is 25.6 Å². The molecule has 7 nitrogen and oxygen atoms in total. The van der Waals surface area contributed by atoms with Crippen LogP contribution in [0.3, 0.4) is 0 Å². The molecule has 100 valence electrons. The second kappa shape index (κ2) is 4.47. The quantitative estimate of drug-likeness (QED) is 0.627. The molecule has 0 fully saturated rings. The molecule has 8 heteroatoms. The largest absolute Gasteiger partial charge is 0.362 e. The van der Waals surface area contributed by atoms with E-state index in [0.29, 0.717) is 0 Å². The molecular weight excluding hydrogens is 270 g/mol. The Morgan fingerprint density at radius 3 is 2.37 bits per heavy atom. The predicted octanol–water partition coefficient (Wildman–Crippen LogP) is 1.47. The molecule has 2 aromatic rings. The number of aromatic nitrogens is 2. The zero-order valence-corrected chi connectivity index (χ0v) is 11.1. The summed E-state index contributed by atoms with van der Waals surface area (Å²) in [5, 5.41) is 10.5. The highest BCUT2D eigenvalue weighted by Gasteiger charge is 2.33. The lowest BCUT2D eigenvalue weighted by molar-refractivity contribution is -0.394. The van der Waals surface area contributed by atoms with Crippen molar-refractivity contribution >= 4 is 15.7 Å². The summed E-state index contributed by atoms with van der Waals surface area (Å²) in [6.07, 6.45) is 0. The molecular formula is C11H11N3O4S. The van der Waals surface area contributed by atoms with Crippen molar-refractivity contribution in [2.75, 3.05) is 0 Å². The van der Waals surface area contributed by atoms with Crippen LogP contribution in [-0.2, 0) is 16.9 Å². The van der Waals surface area contributed by atoms with Gasteiger partial charge in [-0.1, -0.05) is 18.2 Å². The maximum Gasteiger partial charge on any atom is 0.362 e. The minimum absolute atomic E-state index is 0.0174. The van der Waals surface area contributed by atoms with Crippen LogP contribution in [0.5, 0.6) is 0 Å². The van der Waals surface area contributed by atoms with E-state index in [4.69, 9.17) is 0 Å². The topological polar surface area (TPSA) is 95.1 Å². The molecule has 0 unspecified atom stereocenters. The van der Waals surface area contributed by atoms with Crippen molar-refractivity contribution < 1.29 is 13.3 Å². The molecule has 0 spiro atoms. The predicted molar refractivity (Wildman–Crippen MR) is 66.5 cm³/mol. The fraction of sp³-hybridized carbons (Fsp3) is 0.182. The van der Waals surface area contributed by atoms with Crippen molar-refractivity contribution in [2.45, 2.75) is 16.8 Å². The normalized spacial score (nSPS) is 11.5. The summed E-state index contributed by atoms with van der Waals surface area (Å²) in [5.41, 5.74) is 0. The van der Waals surface area contributed by atoms with Gasteiger partial charge in [0.1, 0.15) is 0 Å². The zero-order chi connectivity index (χ0) is 14.2. The van der Waals surface area contributed by atoms with Crippen molar-refractivity contribution in [3.05, 3.63) is 46.3 Å². The van der Waals surface area contributed by atoms with E-state index in [9.17, 15) is 18.5 Å². The van der Waals surface area contributed by atoms with Crippen LogP contribution in [0.4, 0.5) is 5.82 Å². The first kappa shape index (κ1) is 13.2. The molecule has 2 rings (SSSR count). The fourth-order valence-corrected chi connectivity index (χ4v) is 3.10. The summed E-state index contributed by atoms with van der Waals surface area (Å²) in [4.78, 5) is 14.1. The van der Waals surface area contributed by atoms with Gasteiger partial charge in [0.25, 0.3) is 5.03 Å². The number of nitrogens with zero attached hydrogens (tertiary/aromatic N) is 3. The van der Waals surface area contributed by atoms with E-state index in [1.54, 1.807) is 18.2 Å². The number of imidazole rings is 1. The first-order valence-electron chi connectivity index (χ1n) is 5.33. The summed E-state index contributed by atoms with van der Waals surface area (Å²) in [7, 11) is -2.58.